The average molecular weight is 290 g/mol. The lowest BCUT2D eigenvalue weighted by Crippen LogP contribution is -2.35. The number of carbonyl (C=O) groups excluding carboxylic acids is 1. The van der Waals surface area contributed by atoms with Crippen LogP contribution in [0.5, 0.6) is 0 Å². The second-order valence-corrected chi connectivity index (χ2v) is 5.58. The Morgan fingerprint density at radius 1 is 1.29 bits per heavy atom. The highest BCUT2D eigenvalue weighted by atomic mass is 16.5. The Balaban J connectivity index is 1.58. The van der Waals surface area contributed by atoms with E-state index in [1.807, 2.05) is 18.2 Å². The smallest absolute Gasteiger partial charge is 0.253 e. The summed E-state index contributed by atoms with van der Waals surface area (Å²) in [5, 5.41) is 2.95. The van der Waals surface area contributed by atoms with Crippen LogP contribution < -0.4 is 5.32 Å². The lowest BCUT2D eigenvalue weighted by Gasteiger charge is -2.26. The molecule has 0 radical (unpaired) electrons. The molecule has 3 rings (SSSR count). The second-order valence-electron chi connectivity index (χ2n) is 5.58. The maximum Gasteiger partial charge on any atom is 0.253 e. The van der Waals surface area contributed by atoms with Crippen LogP contribution in [0.25, 0.3) is 0 Å². The van der Waals surface area contributed by atoms with Crippen LogP contribution in [0.2, 0.25) is 0 Å². The van der Waals surface area contributed by atoms with Crippen molar-refractivity contribution >= 4 is 11.6 Å². The molecule has 0 spiro atoms. The molecule has 1 aromatic carbocycles. The molecule has 0 unspecified atom stereocenters. The Kier molecular flexibility index (Phi) is 4.85. The van der Waals surface area contributed by atoms with Crippen LogP contribution in [0.15, 0.2) is 24.3 Å². The van der Waals surface area contributed by atoms with Crippen molar-refractivity contribution in [3.63, 3.8) is 0 Å². The van der Waals surface area contributed by atoms with E-state index < -0.39 is 0 Å². The number of morpholine rings is 1. The van der Waals surface area contributed by atoms with E-state index in [9.17, 15) is 4.79 Å². The Bertz CT molecular complexity index is 480. The average Bonchev–Trinajstić information content (AvgIpc) is 3.03. The number of nitrogens with zero attached hydrogens (tertiary/aromatic N) is 1. The van der Waals surface area contributed by atoms with Crippen LogP contribution in [-0.4, -0.2) is 49.8 Å². The number of nitrogens with one attached hydrogen (secondary N) is 1. The molecular formula is C16H22N2O3. The number of ether oxygens (including phenoxy) is 2. The minimum Gasteiger partial charge on any atom is -0.379 e. The first-order valence-electron chi connectivity index (χ1n) is 7.63. The predicted molar refractivity (Wildman–Crippen MR) is 80.1 cm³/mol. The minimum absolute atomic E-state index is 0.0315. The Hall–Kier alpha value is -1.43. The van der Waals surface area contributed by atoms with E-state index in [1.165, 1.54) is 5.56 Å². The third kappa shape index (κ3) is 4.03. The normalized spacial score (nSPS) is 23.1. The predicted octanol–water partition coefficient (Wildman–Crippen LogP) is 1.64. The third-order valence-corrected chi connectivity index (χ3v) is 3.93. The summed E-state index contributed by atoms with van der Waals surface area (Å²) in [7, 11) is 0. The quantitative estimate of drug-likeness (QED) is 0.916. The monoisotopic (exact) mass is 290 g/mol. The number of amides is 1. The Morgan fingerprint density at radius 3 is 2.90 bits per heavy atom. The summed E-state index contributed by atoms with van der Waals surface area (Å²) in [5.74, 6) is -0.0315. The van der Waals surface area contributed by atoms with Gasteiger partial charge in [0, 0.05) is 31.9 Å². The molecule has 1 atom stereocenters. The summed E-state index contributed by atoms with van der Waals surface area (Å²) < 4.78 is 10.8. The minimum atomic E-state index is -0.284. The van der Waals surface area contributed by atoms with Crippen LogP contribution >= 0.6 is 0 Å². The van der Waals surface area contributed by atoms with Crippen molar-refractivity contribution in [3.05, 3.63) is 29.8 Å². The zero-order valence-corrected chi connectivity index (χ0v) is 12.2. The summed E-state index contributed by atoms with van der Waals surface area (Å²) in [5.41, 5.74) is 2.06. The number of hydrogen-bond acceptors (Lipinski definition) is 4. The van der Waals surface area contributed by atoms with Gasteiger partial charge in [0.25, 0.3) is 5.91 Å². The summed E-state index contributed by atoms with van der Waals surface area (Å²) in [4.78, 5) is 14.4. The van der Waals surface area contributed by atoms with Gasteiger partial charge in [0.2, 0.25) is 0 Å². The number of benzene rings is 1. The molecule has 2 fully saturated rings. The van der Waals surface area contributed by atoms with Gasteiger partial charge >= 0.3 is 0 Å². The van der Waals surface area contributed by atoms with E-state index in [2.05, 4.69) is 16.3 Å². The van der Waals surface area contributed by atoms with Crippen molar-refractivity contribution in [2.75, 3.05) is 38.2 Å². The largest absolute Gasteiger partial charge is 0.379 e. The third-order valence-electron chi connectivity index (χ3n) is 3.93. The molecule has 2 aliphatic heterocycles. The van der Waals surface area contributed by atoms with Crippen molar-refractivity contribution in [3.8, 4) is 0 Å². The van der Waals surface area contributed by atoms with E-state index in [-0.39, 0.29) is 12.0 Å². The van der Waals surface area contributed by atoms with Crippen LogP contribution in [0.4, 0.5) is 5.69 Å². The molecule has 1 aromatic rings. The van der Waals surface area contributed by atoms with E-state index in [1.54, 1.807) is 0 Å². The van der Waals surface area contributed by atoms with Gasteiger partial charge in [-0.25, -0.2) is 0 Å². The zero-order valence-electron chi connectivity index (χ0n) is 12.2. The standard InChI is InChI=1S/C16H22N2O3/c19-16(15-5-2-8-21-15)17-14-4-1-3-13(11-14)12-18-6-9-20-10-7-18/h1,3-4,11,15H,2,5-10,12H2,(H,17,19)/t15-/m1/s1. The van der Waals surface area contributed by atoms with Crippen molar-refractivity contribution in [2.45, 2.75) is 25.5 Å². The van der Waals surface area contributed by atoms with Gasteiger partial charge in [-0.2, -0.15) is 0 Å². The molecule has 2 saturated heterocycles. The fourth-order valence-corrected chi connectivity index (χ4v) is 2.77. The van der Waals surface area contributed by atoms with E-state index >= 15 is 0 Å². The summed E-state index contributed by atoms with van der Waals surface area (Å²) in [6, 6.07) is 8.05. The number of hydrogen-bond donors (Lipinski definition) is 1. The van der Waals surface area contributed by atoms with Crippen molar-refractivity contribution in [1.29, 1.82) is 0 Å². The van der Waals surface area contributed by atoms with E-state index in [0.717, 1.165) is 51.4 Å². The van der Waals surface area contributed by atoms with Gasteiger partial charge in [0.05, 0.1) is 13.2 Å². The van der Waals surface area contributed by atoms with Gasteiger partial charge in [-0.15, -0.1) is 0 Å². The molecule has 0 bridgehead atoms. The number of rotatable bonds is 4. The van der Waals surface area contributed by atoms with Gasteiger partial charge in [-0.05, 0) is 30.5 Å². The molecule has 114 valence electrons. The molecule has 1 N–H and O–H groups in total. The maximum absolute atomic E-state index is 12.1. The Labute approximate surface area is 125 Å². The molecule has 5 heteroatoms. The molecule has 0 aromatic heterocycles. The number of carbonyl (C=O) groups is 1. The molecule has 0 aliphatic carbocycles. The SMILES string of the molecule is O=C(Nc1cccc(CN2CCOCC2)c1)[C@H]1CCCO1. The van der Waals surface area contributed by atoms with E-state index in [0.29, 0.717) is 6.61 Å². The molecule has 5 nitrogen and oxygen atoms in total. The topological polar surface area (TPSA) is 50.8 Å². The van der Waals surface area contributed by atoms with Crippen molar-refractivity contribution in [1.82, 2.24) is 4.90 Å². The summed E-state index contributed by atoms with van der Waals surface area (Å²) in [6.45, 7) is 5.12. The fraction of sp³-hybridized carbons (Fsp3) is 0.562. The highest BCUT2D eigenvalue weighted by Crippen LogP contribution is 2.17. The molecule has 2 heterocycles. The molecule has 1 amide bonds. The molecule has 21 heavy (non-hydrogen) atoms. The van der Waals surface area contributed by atoms with Crippen LogP contribution in [0, 0.1) is 0 Å². The van der Waals surface area contributed by atoms with Crippen LogP contribution in [-0.2, 0) is 20.8 Å². The molecule has 2 aliphatic rings. The fourth-order valence-electron chi connectivity index (χ4n) is 2.77. The second kappa shape index (κ2) is 7.02. The molecule has 0 saturated carbocycles. The zero-order chi connectivity index (χ0) is 14.5. The van der Waals surface area contributed by atoms with Gasteiger partial charge in [-0.1, -0.05) is 12.1 Å². The maximum atomic E-state index is 12.1. The summed E-state index contributed by atoms with van der Waals surface area (Å²) in [6.07, 6.45) is 1.50. The van der Waals surface area contributed by atoms with Crippen molar-refractivity contribution in [2.24, 2.45) is 0 Å². The first kappa shape index (κ1) is 14.5. The first-order valence-corrected chi connectivity index (χ1v) is 7.63. The van der Waals surface area contributed by atoms with Gasteiger partial charge in [0.1, 0.15) is 6.10 Å². The number of anilines is 1. The van der Waals surface area contributed by atoms with Gasteiger partial charge < -0.3 is 14.8 Å². The van der Waals surface area contributed by atoms with Crippen LogP contribution in [0.3, 0.4) is 0 Å². The summed E-state index contributed by atoms with van der Waals surface area (Å²) >= 11 is 0. The highest BCUT2D eigenvalue weighted by molar-refractivity contribution is 5.94. The van der Waals surface area contributed by atoms with Crippen molar-refractivity contribution < 1.29 is 14.3 Å². The first-order chi connectivity index (χ1) is 10.3. The Morgan fingerprint density at radius 2 is 2.14 bits per heavy atom. The lowest BCUT2D eigenvalue weighted by atomic mass is 10.1. The highest BCUT2D eigenvalue weighted by Gasteiger charge is 2.23. The van der Waals surface area contributed by atoms with E-state index in [4.69, 9.17) is 9.47 Å². The van der Waals surface area contributed by atoms with Crippen LogP contribution in [0.1, 0.15) is 18.4 Å². The van der Waals surface area contributed by atoms with Gasteiger partial charge in [-0.3, -0.25) is 9.69 Å². The molecular weight excluding hydrogens is 268 g/mol. The van der Waals surface area contributed by atoms with Gasteiger partial charge in [0.15, 0.2) is 0 Å². The lowest BCUT2D eigenvalue weighted by molar-refractivity contribution is -0.124.